The maximum Gasteiger partial charge on any atom is 0.290 e. The van der Waals surface area contributed by atoms with Crippen LogP contribution in [0.25, 0.3) is 11.3 Å². The van der Waals surface area contributed by atoms with Crippen molar-refractivity contribution >= 4 is 17.5 Å². The van der Waals surface area contributed by atoms with Gasteiger partial charge in [-0.1, -0.05) is 44.1 Å². The van der Waals surface area contributed by atoms with Gasteiger partial charge in [-0.3, -0.25) is 9.59 Å². The predicted octanol–water partition coefficient (Wildman–Crippen LogP) is 5.91. The molecule has 0 saturated heterocycles. The summed E-state index contributed by atoms with van der Waals surface area (Å²) in [6.45, 7) is 8.04. The summed E-state index contributed by atoms with van der Waals surface area (Å²) in [5.41, 5.74) is 4.32. The Hall–Kier alpha value is -4.18. The summed E-state index contributed by atoms with van der Waals surface area (Å²) >= 11 is 0. The third-order valence-electron chi connectivity index (χ3n) is 6.30. The van der Waals surface area contributed by atoms with Crippen LogP contribution in [0.4, 0.5) is 5.69 Å². The van der Waals surface area contributed by atoms with Gasteiger partial charge in [-0.2, -0.15) is 5.26 Å². The van der Waals surface area contributed by atoms with E-state index in [0.29, 0.717) is 22.5 Å². The summed E-state index contributed by atoms with van der Waals surface area (Å²) in [6, 6.07) is 14.5. The van der Waals surface area contributed by atoms with Crippen molar-refractivity contribution in [2.75, 3.05) is 5.32 Å². The van der Waals surface area contributed by atoms with Crippen LogP contribution in [0.3, 0.4) is 0 Å². The van der Waals surface area contributed by atoms with Gasteiger partial charge in [0.15, 0.2) is 0 Å². The number of amides is 2. The number of nitriles is 1. The Labute approximate surface area is 211 Å². The largest absolute Gasteiger partial charge is 0.350 e. The Morgan fingerprint density at radius 3 is 2.58 bits per heavy atom. The van der Waals surface area contributed by atoms with E-state index in [0.717, 1.165) is 36.0 Å². The highest BCUT2D eigenvalue weighted by molar-refractivity contribution is 6.05. The van der Waals surface area contributed by atoms with Gasteiger partial charge in [-0.05, 0) is 73.1 Å². The molecule has 184 valence electrons. The van der Waals surface area contributed by atoms with E-state index in [4.69, 9.17) is 4.52 Å². The average Bonchev–Trinajstić information content (AvgIpc) is 3.35. The lowest BCUT2D eigenvalue weighted by Gasteiger charge is -2.20. The van der Waals surface area contributed by atoms with Crippen LogP contribution < -0.4 is 10.6 Å². The highest BCUT2D eigenvalue weighted by Crippen LogP contribution is 2.28. The summed E-state index contributed by atoms with van der Waals surface area (Å²) in [5, 5.41) is 19.4. The number of nitrogens with zero attached hydrogens (tertiary/aromatic N) is 2. The minimum absolute atomic E-state index is 0.0923. The molecule has 0 radical (unpaired) electrons. The van der Waals surface area contributed by atoms with E-state index in [1.807, 2.05) is 45.9 Å². The second kappa shape index (κ2) is 10.2. The lowest BCUT2D eigenvalue weighted by atomic mass is 9.85. The van der Waals surface area contributed by atoms with Gasteiger partial charge in [0.25, 0.3) is 11.8 Å². The lowest BCUT2D eigenvalue weighted by molar-refractivity contribution is 0.0897. The van der Waals surface area contributed by atoms with Gasteiger partial charge in [0, 0.05) is 28.9 Å². The molecule has 2 amide bonds. The zero-order chi connectivity index (χ0) is 25.9. The molecule has 36 heavy (non-hydrogen) atoms. The first-order valence-corrected chi connectivity index (χ1v) is 12.0. The number of allylic oxidation sites excluding steroid dienone is 1. The van der Waals surface area contributed by atoms with Gasteiger partial charge in [-0.25, -0.2) is 0 Å². The molecule has 7 nitrogen and oxygen atoms in total. The molecule has 0 aliphatic heterocycles. The Kier molecular flexibility index (Phi) is 7.07. The van der Waals surface area contributed by atoms with Gasteiger partial charge in [-0.15, -0.1) is 0 Å². The van der Waals surface area contributed by atoms with Crippen molar-refractivity contribution in [3.05, 3.63) is 82.6 Å². The van der Waals surface area contributed by atoms with Gasteiger partial charge in [0.2, 0.25) is 5.76 Å². The second-order valence-corrected chi connectivity index (χ2v) is 10.2. The normalized spacial score (nSPS) is 15.2. The van der Waals surface area contributed by atoms with Crippen LogP contribution in [0.5, 0.6) is 0 Å². The van der Waals surface area contributed by atoms with Crippen LogP contribution in [0.2, 0.25) is 0 Å². The Balaban J connectivity index is 1.54. The molecule has 0 saturated carbocycles. The van der Waals surface area contributed by atoms with Crippen molar-refractivity contribution in [2.24, 2.45) is 0 Å². The molecule has 4 rings (SSSR count). The van der Waals surface area contributed by atoms with E-state index in [9.17, 15) is 14.9 Å². The maximum atomic E-state index is 13.1. The quantitative estimate of drug-likeness (QED) is 0.440. The molecule has 1 aromatic heterocycles. The number of anilines is 1. The number of benzene rings is 2. The number of hydrogen-bond acceptors (Lipinski definition) is 5. The van der Waals surface area contributed by atoms with Gasteiger partial charge >= 0.3 is 0 Å². The topological polar surface area (TPSA) is 108 Å². The van der Waals surface area contributed by atoms with Crippen LogP contribution in [-0.4, -0.2) is 23.0 Å². The zero-order valence-electron chi connectivity index (χ0n) is 21.0. The fraction of sp³-hybridized carbons (Fsp3) is 0.310. The summed E-state index contributed by atoms with van der Waals surface area (Å²) in [7, 11) is 0. The third-order valence-corrected chi connectivity index (χ3v) is 6.30. The van der Waals surface area contributed by atoms with Crippen molar-refractivity contribution < 1.29 is 14.1 Å². The first-order chi connectivity index (χ1) is 17.1. The number of carbonyl (C=O) groups excluding carboxylic acids is 2. The fourth-order valence-electron chi connectivity index (χ4n) is 4.13. The van der Waals surface area contributed by atoms with Crippen molar-refractivity contribution in [3.8, 4) is 17.3 Å². The number of aryl methyl sites for hydroxylation is 1. The Morgan fingerprint density at radius 2 is 1.89 bits per heavy atom. The molecular weight excluding hydrogens is 452 g/mol. The van der Waals surface area contributed by atoms with E-state index in [2.05, 4.69) is 34.0 Å². The van der Waals surface area contributed by atoms with E-state index in [1.54, 1.807) is 24.3 Å². The molecule has 2 aromatic carbocycles. The molecule has 0 bridgehead atoms. The molecule has 1 atom stereocenters. The molecular formula is C29H30N4O3. The number of rotatable bonds is 5. The van der Waals surface area contributed by atoms with Crippen LogP contribution in [-0.2, 0) is 5.41 Å². The highest BCUT2D eigenvalue weighted by Gasteiger charge is 2.21. The van der Waals surface area contributed by atoms with E-state index in [1.165, 1.54) is 0 Å². The number of hydrogen-bond donors (Lipinski definition) is 2. The molecule has 0 fully saturated rings. The summed E-state index contributed by atoms with van der Waals surface area (Å²) < 4.78 is 5.34. The molecule has 1 aliphatic carbocycles. The van der Waals surface area contributed by atoms with Crippen molar-refractivity contribution in [1.82, 2.24) is 10.5 Å². The third kappa shape index (κ3) is 5.72. The number of aromatic nitrogens is 1. The molecule has 3 aromatic rings. The molecule has 0 spiro atoms. The first kappa shape index (κ1) is 24.9. The van der Waals surface area contributed by atoms with E-state index < -0.39 is 0 Å². The van der Waals surface area contributed by atoms with E-state index in [-0.39, 0.29) is 29.0 Å². The van der Waals surface area contributed by atoms with Crippen LogP contribution in [0.15, 0.2) is 59.1 Å². The summed E-state index contributed by atoms with van der Waals surface area (Å²) in [5.74, 6) is -0.450. The van der Waals surface area contributed by atoms with Gasteiger partial charge < -0.3 is 15.2 Å². The standard InChI is InChI=1S/C29H30N4O3/c1-18-10-11-23(32-27(34)20-12-19(17-30)13-21(14-20)29(2,3)4)15-24(18)25-16-26(36-33-25)28(35)31-22-8-6-5-7-9-22/h5-6,10-16,22H,7-9H2,1-4H3,(H,31,35)(H,32,34). The molecule has 1 unspecified atom stereocenters. The zero-order valence-corrected chi connectivity index (χ0v) is 21.0. The Bertz CT molecular complexity index is 1370. The fourth-order valence-corrected chi connectivity index (χ4v) is 4.13. The second-order valence-electron chi connectivity index (χ2n) is 10.2. The minimum atomic E-state index is -0.311. The number of nitrogens with one attached hydrogen (secondary N) is 2. The van der Waals surface area contributed by atoms with Crippen LogP contribution >= 0.6 is 0 Å². The maximum absolute atomic E-state index is 13.1. The van der Waals surface area contributed by atoms with Crippen LogP contribution in [0, 0.1) is 18.3 Å². The van der Waals surface area contributed by atoms with Gasteiger partial charge in [0.1, 0.15) is 5.69 Å². The number of carbonyl (C=O) groups is 2. The molecule has 2 N–H and O–H groups in total. The van der Waals surface area contributed by atoms with E-state index >= 15 is 0 Å². The Morgan fingerprint density at radius 1 is 1.08 bits per heavy atom. The van der Waals surface area contributed by atoms with Crippen molar-refractivity contribution in [3.63, 3.8) is 0 Å². The van der Waals surface area contributed by atoms with Crippen LogP contribution in [0.1, 0.15) is 77.6 Å². The smallest absolute Gasteiger partial charge is 0.290 e. The summed E-state index contributed by atoms with van der Waals surface area (Å²) in [4.78, 5) is 25.7. The lowest BCUT2D eigenvalue weighted by Crippen LogP contribution is -2.35. The summed E-state index contributed by atoms with van der Waals surface area (Å²) in [6.07, 6.45) is 6.85. The van der Waals surface area contributed by atoms with Gasteiger partial charge in [0.05, 0.1) is 11.6 Å². The van der Waals surface area contributed by atoms with Crippen molar-refractivity contribution in [1.29, 1.82) is 5.26 Å². The SMILES string of the molecule is Cc1ccc(NC(=O)c2cc(C#N)cc(C(C)(C)C)c2)cc1-c1cc(C(=O)NC2CC=CCC2)on1. The molecule has 1 heterocycles. The monoisotopic (exact) mass is 482 g/mol. The highest BCUT2D eigenvalue weighted by atomic mass is 16.5. The first-order valence-electron chi connectivity index (χ1n) is 12.0. The average molecular weight is 483 g/mol. The van der Waals surface area contributed by atoms with Crippen molar-refractivity contribution in [2.45, 2.75) is 58.4 Å². The predicted molar refractivity (Wildman–Crippen MR) is 139 cm³/mol. The molecule has 1 aliphatic rings. The molecule has 7 heteroatoms. The minimum Gasteiger partial charge on any atom is -0.350 e.